The molecule has 3 heteroatoms. The summed E-state index contributed by atoms with van der Waals surface area (Å²) in [5.74, 6) is 1.05. The molecule has 0 aliphatic heterocycles. The van der Waals surface area contributed by atoms with Gasteiger partial charge in [0.25, 0.3) is 0 Å². The minimum atomic E-state index is 0.0175. The molecule has 0 amide bonds. The van der Waals surface area contributed by atoms with Crippen LogP contribution in [0.5, 0.6) is 0 Å². The lowest BCUT2D eigenvalue weighted by Gasteiger charge is -2.43. The van der Waals surface area contributed by atoms with E-state index in [-0.39, 0.29) is 28.1 Å². The van der Waals surface area contributed by atoms with Crippen molar-refractivity contribution in [1.82, 2.24) is 4.90 Å². The fourth-order valence-electron chi connectivity index (χ4n) is 7.18. The van der Waals surface area contributed by atoms with E-state index in [0.717, 1.165) is 45.6 Å². The minimum Gasteiger partial charge on any atom is -0.352 e. The molecule has 6 rings (SSSR count). The molecule has 0 saturated heterocycles. The molecule has 2 aliphatic carbocycles. The molecule has 3 nitrogen and oxygen atoms in total. The second kappa shape index (κ2) is 11.5. The molecule has 228 valence electrons. The summed E-state index contributed by atoms with van der Waals surface area (Å²) in [5, 5.41) is 9.10. The van der Waals surface area contributed by atoms with E-state index in [1.807, 2.05) is 30.3 Å². The van der Waals surface area contributed by atoms with Crippen LogP contribution in [0, 0.1) is 21.7 Å². The predicted octanol–water partition coefficient (Wildman–Crippen LogP) is 10.4. The second-order valence-corrected chi connectivity index (χ2v) is 14.2. The average Bonchev–Trinajstić information content (AvgIpc) is 3.17. The molecule has 0 radical (unpaired) electrons. The second-order valence-electron chi connectivity index (χ2n) is 14.2. The van der Waals surface area contributed by atoms with Gasteiger partial charge in [-0.15, -0.1) is 0 Å². The van der Waals surface area contributed by atoms with Crippen LogP contribution in [0.3, 0.4) is 0 Å². The Morgan fingerprint density at radius 1 is 0.644 bits per heavy atom. The molecule has 0 aromatic heterocycles. The van der Waals surface area contributed by atoms with Crippen LogP contribution in [0.1, 0.15) is 59.1 Å². The van der Waals surface area contributed by atoms with E-state index in [1.165, 1.54) is 11.1 Å². The Kier molecular flexibility index (Phi) is 7.77. The maximum atomic E-state index is 9.10. The number of hydrogen-bond acceptors (Lipinski definition) is 1. The van der Waals surface area contributed by atoms with Crippen LogP contribution in [0.15, 0.2) is 137 Å². The quantitative estimate of drug-likeness (QED) is 0.182. The first-order valence-corrected chi connectivity index (χ1v) is 16.1. The molecule has 0 heterocycles. The van der Waals surface area contributed by atoms with Gasteiger partial charge in [-0.1, -0.05) is 145 Å². The van der Waals surface area contributed by atoms with E-state index in [0.29, 0.717) is 0 Å². The van der Waals surface area contributed by atoms with Crippen LogP contribution in [0.25, 0.3) is 22.3 Å². The van der Waals surface area contributed by atoms with Crippen LogP contribution in [0.4, 0.5) is 0 Å². The normalized spacial score (nSPS) is 19.7. The number of amidine groups is 2. The molecule has 1 atom stereocenters. The maximum Gasteiger partial charge on any atom is 0.154 e. The lowest BCUT2D eigenvalue weighted by Crippen LogP contribution is -2.39. The van der Waals surface area contributed by atoms with E-state index < -0.39 is 0 Å². The first kappa shape index (κ1) is 30.5. The number of hydrogen-bond donors (Lipinski definition) is 1. The molecule has 4 aromatic rings. The molecule has 0 spiro atoms. The van der Waals surface area contributed by atoms with Gasteiger partial charge in [0.05, 0.1) is 6.04 Å². The van der Waals surface area contributed by atoms with Crippen molar-refractivity contribution < 1.29 is 0 Å². The van der Waals surface area contributed by atoms with E-state index in [9.17, 15) is 0 Å². The third-order valence-corrected chi connectivity index (χ3v) is 11.2. The van der Waals surface area contributed by atoms with Crippen molar-refractivity contribution in [1.29, 1.82) is 5.41 Å². The van der Waals surface area contributed by atoms with Crippen molar-refractivity contribution in [3.63, 3.8) is 0 Å². The van der Waals surface area contributed by atoms with Crippen LogP contribution in [0.2, 0.25) is 0 Å². The molecular formula is C42H45N3. The van der Waals surface area contributed by atoms with Crippen molar-refractivity contribution in [3.05, 3.63) is 144 Å². The molecule has 1 saturated carbocycles. The largest absolute Gasteiger partial charge is 0.352 e. The lowest BCUT2D eigenvalue weighted by atomic mass is 9.60. The van der Waals surface area contributed by atoms with Crippen LogP contribution in [-0.4, -0.2) is 29.7 Å². The van der Waals surface area contributed by atoms with Gasteiger partial charge >= 0.3 is 0 Å². The van der Waals surface area contributed by atoms with Gasteiger partial charge in [-0.25, -0.2) is 4.99 Å². The summed E-state index contributed by atoms with van der Waals surface area (Å²) in [6, 6.07) is 37.7. The van der Waals surface area contributed by atoms with E-state index in [4.69, 9.17) is 10.4 Å². The highest BCUT2D eigenvalue weighted by molar-refractivity contribution is 6.11. The summed E-state index contributed by atoms with van der Waals surface area (Å²) in [6.45, 7) is 14.4. The van der Waals surface area contributed by atoms with E-state index in [1.54, 1.807) is 0 Å². The van der Waals surface area contributed by atoms with Crippen molar-refractivity contribution in [2.45, 2.75) is 54.0 Å². The van der Waals surface area contributed by atoms with Crippen molar-refractivity contribution >= 4 is 11.7 Å². The molecule has 4 aromatic carbocycles. The number of nitrogens with one attached hydrogen (secondary N) is 1. The molecule has 0 bridgehead atoms. The summed E-state index contributed by atoms with van der Waals surface area (Å²) in [7, 11) is 2.15. The standard InChI is InChI=1S/C42H45N3/c1-40(2)36-24-23-35(28-37(36)41(3,4)42(40,5)6)45(7)39(44-38(43)31-21-15-10-16-22-31)34-26-32(29-17-11-8-12-18-29)25-33(27-34)30-19-13-9-14-20-30/h8-22,24-28,35,43H,23H2,1-7H3. The number of rotatable bonds is 5. The summed E-state index contributed by atoms with van der Waals surface area (Å²) >= 11 is 0. The zero-order chi connectivity index (χ0) is 32.0. The van der Waals surface area contributed by atoms with Gasteiger partial charge < -0.3 is 4.90 Å². The Bertz CT molecular complexity index is 1750. The van der Waals surface area contributed by atoms with Gasteiger partial charge in [0.15, 0.2) is 5.84 Å². The molecule has 1 N–H and O–H groups in total. The zero-order valence-electron chi connectivity index (χ0n) is 27.7. The molecule has 1 fully saturated rings. The van der Waals surface area contributed by atoms with Crippen LogP contribution < -0.4 is 0 Å². The molecule has 2 aliphatic rings. The van der Waals surface area contributed by atoms with Gasteiger partial charge in [-0.05, 0) is 74.3 Å². The van der Waals surface area contributed by atoms with Gasteiger partial charge in [-0.2, -0.15) is 0 Å². The first-order valence-electron chi connectivity index (χ1n) is 16.1. The van der Waals surface area contributed by atoms with E-state index in [2.05, 4.69) is 145 Å². The number of nitrogens with zero attached hydrogens (tertiary/aromatic N) is 2. The SMILES string of the molecule is CN(C(=NC(=N)c1ccccc1)c1cc(-c2ccccc2)cc(-c2ccccc2)c1)C1C=C2C(=CC1)C(C)(C)C(C)(C)C2(C)C. The fourth-order valence-corrected chi connectivity index (χ4v) is 7.18. The Labute approximate surface area is 269 Å². The zero-order valence-corrected chi connectivity index (χ0v) is 27.7. The molecule has 1 unspecified atom stereocenters. The van der Waals surface area contributed by atoms with Gasteiger partial charge in [0.1, 0.15) is 5.84 Å². The molecular weight excluding hydrogens is 546 g/mol. The van der Waals surface area contributed by atoms with Crippen molar-refractivity contribution in [3.8, 4) is 22.3 Å². The highest BCUT2D eigenvalue weighted by Crippen LogP contribution is 2.68. The number of fused-ring (bicyclic) bond motifs is 1. The smallest absolute Gasteiger partial charge is 0.154 e. The summed E-state index contributed by atoms with van der Waals surface area (Å²) in [4.78, 5) is 7.41. The number of allylic oxidation sites excluding steroid dienone is 2. The monoisotopic (exact) mass is 591 g/mol. The van der Waals surface area contributed by atoms with E-state index >= 15 is 0 Å². The fraction of sp³-hybridized carbons (Fsp3) is 0.286. The van der Waals surface area contributed by atoms with Crippen molar-refractivity contribution in [2.75, 3.05) is 7.05 Å². The third kappa shape index (κ3) is 5.29. The van der Waals surface area contributed by atoms with Gasteiger partial charge in [0, 0.05) is 18.2 Å². The maximum absolute atomic E-state index is 9.10. The van der Waals surface area contributed by atoms with Crippen LogP contribution >= 0.6 is 0 Å². The number of benzene rings is 4. The first-order chi connectivity index (χ1) is 21.4. The van der Waals surface area contributed by atoms with Gasteiger partial charge in [0.2, 0.25) is 0 Å². The minimum absolute atomic E-state index is 0.0175. The Morgan fingerprint density at radius 3 is 1.67 bits per heavy atom. The summed E-state index contributed by atoms with van der Waals surface area (Å²) in [6.07, 6.45) is 5.86. The topological polar surface area (TPSA) is 39.5 Å². The molecule has 45 heavy (non-hydrogen) atoms. The Hall–Kier alpha value is -4.50. The lowest BCUT2D eigenvalue weighted by molar-refractivity contribution is 0.0752. The van der Waals surface area contributed by atoms with Gasteiger partial charge in [-0.3, -0.25) is 5.41 Å². The number of likely N-dealkylation sites (N-methyl/N-ethyl adjacent to an activating group) is 1. The predicted molar refractivity (Wildman–Crippen MR) is 191 cm³/mol. The third-order valence-electron chi connectivity index (χ3n) is 11.2. The van der Waals surface area contributed by atoms with Crippen LogP contribution in [-0.2, 0) is 0 Å². The van der Waals surface area contributed by atoms with Crippen molar-refractivity contribution in [2.24, 2.45) is 21.2 Å². The number of aliphatic imine (C=N–C) groups is 1. The summed E-state index contributed by atoms with van der Waals surface area (Å²) in [5.41, 5.74) is 9.49. The summed E-state index contributed by atoms with van der Waals surface area (Å²) < 4.78 is 0. The highest BCUT2D eigenvalue weighted by Gasteiger charge is 2.59. The Balaban J connectivity index is 1.51. The highest BCUT2D eigenvalue weighted by atomic mass is 15.2. The average molecular weight is 592 g/mol. The Morgan fingerprint density at radius 2 is 1.13 bits per heavy atom.